The summed E-state index contributed by atoms with van der Waals surface area (Å²) >= 11 is 1.68. The van der Waals surface area contributed by atoms with Gasteiger partial charge in [-0.15, -0.1) is 11.3 Å². The molecule has 1 aromatic carbocycles. The van der Waals surface area contributed by atoms with Crippen LogP contribution in [0.4, 0.5) is 0 Å². The van der Waals surface area contributed by atoms with Crippen LogP contribution in [0.15, 0.2) is 40.6 Å². The molecular weight excluding hydrogens is 334 g/mol. The molecule has 0 bridgehead atoms. The van der Waals surface area contributed by atoms with Crippen LogP contribution in [0.1, 0.15) is 17.7 Å². The van der Waals surface area contributed by atoms with Crippen molar-refractivity contribution in [3.63, 3.8) is 0 Å². The van der Waals surface area contributed by atoms with E-state index in [4.69, 9.17) is 9.47 Å². The number of hydrogen-bond acceptors (Lipinski definition) is 5. The molecule has 0 unspecified atom stereocenters. The van der Waals surface area contributed by atoms with Gasteiger partial charge in [0, 0.05) is 22.9 Å². The first-order chi connectivity index (χ1) is 11.0. The summed E-state index contributed by atoms with van der Waals surface area (Å²) in [6.07, 6.45) is 2.03. The van der Waals surface area contributed by atoms with E-state index in [0.29, 0.717) is 18.0 Å². The molecule has 1 fully saturated rings. The lowest BCUT2D eigenvalue weighted by Gasteiger charge is -2.15. The Hall–Kier alpha value is -1.57. The summed E-state index contributed by atoms with van der Waals surface area (Å²) < 4.78 is 38.1. The van der Waals surface area contributed by atoms with Gasteiger partial charge in [0.05, 0.1) is 19.1 Å². The van der Waals surface area contributed by atoms with E-state index in [1.807, 2.05) is 11.4 Å². The van der Waals surface area contributed by atoms with Crippen molar-refractivity contribution in [3.8, 4) is 11.5 Å². The Morgan fingerprint density at radius 3 is 2.48 bits per heavy atom. The number of nitrogens with one attached hydrogen (secondary N) is 1. The minimum Gasteiger partial charge on any atom is -0.493 e. The lowest BCUT2D eigenvalue weighted by Crippen LogP contribution is -2.31. The molecule has 0 radical (unpaired) electrons. The van der Waals surface area contributed by atoms with Crippen molar-refractivity contribution in [1.82, 2.24) is 4.72 Å². The number of thiophene rings is 1. The molecule has 5 nitrogen and oxygen atoms in total. The van der Waals surface area contributed by atoms with Gasteiger partial charge >= 0.3 is 0 Å². The SMILES string of the molecule is COc1ccc(S(=O)(=O)NCC2(c3cccs3)CC2)cc1OC. The standard InChI is InChI=1S/C16H19NO4S2/c1-20-13-6-5-12(10-14(13)21-2)23(18,19)17-11-16(7-8-16)15-4-3-9-22-15/h3-6,9-10,17H,7-8,11H2,1-2H3. The van der Waals surface area contributed by atoms with E-state index in [-0.39, 0.29) is 10.3 Å². The number of rotatable bonds is 7. The predicted molar refractivity (Wildman–Crippen MR) is 90.0 cm³/mol. The van der Waals surface area contributed by atoms with E-state index in [0.717, 1.165) is 12.8 Å². The van der Waals surface area contributed by atoms with Gasteiger partial charge in [-0.25, -0.2) is 13.1 Å². The Morgan fingerprint density at radius 1 is 1.17 bits per heavy atom. The molecule has 0 spiro atoms. The van der Waals surface area contributed by atoms with E-state index in [1.165, 1.54) is 31.2 Å². The molecule has 23 heavy (non-hydrogen) atoms. The molecule has 1 aliphatic carbocycles. The fourth-order valence-electron chi connectivity index (χ4n) is 2.54. The highest BCUT2D eigenvalue weighted by Crippen LogP contribution is 2.49. The Kier molecular flexibility index (Phi) is 4.35. The lowest BCUT2D eigenvalue weighted by atomic mass is 10.1. The van der Waals surface area contributed by atoms with E-state index in [9.17, 15) is 8.42 Å². The summed E-state index contributed by atoms with van der Waals surface area (Å²) in [5.74, 6) is 0.901. The molecule has 1 heterocycles. The van der Waals surface area contributed by atoms with Gasteiger partial charge in [0.2, 0.25) is 10.0 Å². The van der Waals surface area contributed by atoms with Gasteiger partial charge in [-0.05, 0) is 36.4 Å². The second-order valence-corrected chi connectivity index (χ2v) is 8.31. The van der Waals surface area contributed by atoms with Crippen molar-refractivity contribution in [1.29, 1.82) is 0 Å². The summed E-state index contributed by atoms with van der Waals surface area (Å²) in [7, 11) is -0.583. The first-order valence-electron chi connectivity index (χ1n) is 7.26. The minimum absolute atomic E-state index is 0.0300. The van der Waals surface area contributed by atoms with Gasteiger partial charge in [0.1, 0.15) is 0 Å². The molecule has 2 aromatic rings. The predicted octanol–water partition coefficient (Wildman–Crippen LogP) is 2.78. The number of methoxy groups -OCH3 is 2. The number of sulfonamides is 1. The quantitative estimate of drug-likeness (QED) is 0.831. The van der Waals surface area contributed by atoms with Crippen LogP contribution in [0, 0.1) is 0 Å². The van der Waals surface area contributed by atoms with Gasteiger partial charge < -0.3 is 9.47 Å². The number of hydrogen-bond donors (Lipinski definition) is 1. The third kappa shape index (κ3) is 3.22. The van der Waals surface area contributed by atoms with E-state index in [1.54, 1.807) is 17.4 Å². The van der Waals surface area contributed by atoms with E-state index >= 15 is 0 Å². The van der Waals surface area contributed by atoms with Crippen molar-refractivity contribution in [2.24, 2.45) is 0 Å². The van der Waals surface area contributed by atoms with Crippen molar-refractivity contribution in [2.75, 3.05) is 20.8 Å². The lowest BCUT2D eigenvalue weighted by molar-refractivity contribution is 0.354. The van der Waals surface area contributed by atoms with Gasteiger partial charge in [0.25, 0.3) is 0 Å². The van der Waals surface area contributed by atoms with E-state index in [2.05, 4.69) is 10.8 Å². The molecular formula is C16H19NO4S2. The molecule has 3 rings (SSSR count). The normalized spacial score (nSPS) is 16.1. The molecule has 0 aliphatic heterocycles. The van der Waals surface area contributed by atoms with Crippen LogP contribution in [-0.2, 0) is 15.4 Å². The molecule has 7 heteroatoms. The fraction of sp³-hybridized carbons (Fsp3) is 0.375. The van der Waals surface area contributed by atoms with Gasteiger partial charge in [-0.1, -0.05) is 6.07 Å². The molecule has 124 valence electrons. The topological polar surface area (TPSA) is 64.6 Å². The summed E-state index contributed by atoms with van der Waals surface area (Å²) in [5, 5.41) is 2.03. The Labute approximate surface area is 140 Å². The smallest absolute Gasteiger partial charge is 0.240 e. The molecule has 1 aliphatic rings. The molecule has 0 amide bonds. The number of benzene rings is 1. The van der Waals surface area contributed by atoms with Crippen molar-refractivity contribution < 1.29 is 17.9 Å². The first kappa shape index (κ1) is 16.3. The van der Waals surface area contributed by atoms with Crippen LogP contribution in [0.5, 0.6) is 11.5 Å². The highest BCUT2D eigenvalue weighted by molar-refractivity contribution is 7.89. The Balaban J connectivity index is 1.77. The summed E-state index contributed by atoms with van der Waals surface area (Å²) in [6.45, 7) is 0.421. The van der Waals surface area contributed by atoms with Crippen LogP contribution in [-0.4, -0.2) is 29.2 Å². The zero-order valence-electron chi connectivity index (χ0n) is 13.0. The first-order valence-corrected chi connectivity index (χ1v) is 9.63. The van der Waals surface area contributed by atoms with Crippen molar-refractivity contribution in [2.45, 2.75) is 23.2 Å². The summed E-state index contributed by atoms with van der Waals surface area (Å²) in [4.78, 5) is 1.42. The highest BCUT2D eigenvalue weighted by Gasteiger charge is 2.45. The second-order valence-electron chi connectivity index (χ2n) is 5.60. The zero-order chi connectivity index (χ0) is 16.5. The van der Waals surface area contributed by atoms with Crippen molar-refractivity contribution >= 4 is 21.4 Å². The molecule has 1 N–H and O–H groups in total. The minimum atomic E-state index is -3.58. The Morgan fingerprint density at radius 2 is 1.91 bits per heavy atom. The second kappa shape index (κ2) is 6.14. The number of ether oxygens (including phenoxy) is 2. The van der Waals surface area contributed by atoms with Crippen LogP contribution in [0.25, 0.3) is 0 Å². The summed E-state index contributed by atoms with van der Waals surface area (Å²) in [6, 6.07) is 8.67. The van der Waals surface area contributed by atoms with Crippen LogP contribution in [0.2, 0.25) is 0 Å². The largest absolute Gasteiger partial charge is 0.493 e. The molecule has 0 atom stereocenters. The maximum absolute atomic E-state index is 12.5. The van der Waals surface area contributed by atoms with Gasteiger partial charge in [-0.3, -0.25) is 0 Å². The molecule has 1 saturated carbocycles. The zero-order valence-corrected chi connectivity index (χ0v) is 14.7. The maximum atomic E-state index is 12.5. The Bertz CT molecular complexity index is 780. The monoisotopic (exact) mass is 353 g/mol. The summed E-state index contributed by atoms with van der Waals surface area (Å²) in [5.41, 5.74) is -0.0300. The average molecular weight is 353 g/mol. The average Bonchev–Trinajstić information content (AvgIpc) is 3.15. The fourth-order valence-corrected chi connectivity index (χ4v) is 4.67. The molecule has 0 saturated heterocycles. The van der Waals surface area contributed by atoms with E-state index < -0.39 is 10.0 Å². The van der Waals surface area contributed by atoms with Crippen LogP contribution in [0.3, 0.4) is 0 Å². The third-order valence-corrected chi connectivity index (χ3v) is 6.68. The molecule has 1 aromatic heterocycles. The van der Waals surface area contributed by atoms with Crippen LogP contribution < -0.4 is 14.2 Å². The third-order valence-electron chi connectivity index (χ3n) is 4.16. The maximum Gasteiger partial charge on any atom is 0.240 e. The highest BCUT2D eigenvalue weighted by atomic mass is 32.2. The van der Waals surface area contributed by atoms with Crippen LogP contribution >= 0.6 is 11.3 Å². The van der Waals surface area contributed by atoms with Gasteiger partial charge in [0.15, 0.2) is 11.5 Å². The van der Waals surface area contributed by atoms with Crippen molar-refractivity contribution in [3.05, 3.63) is 40.6 Å². The van der Waals surface area contributed by atoms with Gasteiger partial charge in [-0.2, -0.15) is 0 Å².